The molecule has 5 heteroatoms. The Morgan fingerprint density at radius 1 is 1.43 bits per heavy atom. The van der Waals surface area contributed by atoms with Crippen molar-refractivity contribution in [1.29, 1.82) is 0 Å². The fraction of sp³-hybridized carbons (Fsp3) is 0.778. The van der Waals surface area contributed by atoms with Gasteiger partial charge in [0.15, 0.2) is 0 Å². The van der Waals surface area contributed by atoms with Crippen molar-refractivity contribution in [2.24, 2.45) is 0 Å². The molecule has 1 aliphatic carbocycles. The lowest BCUT2D eigenvalue weighted by Gasteiger charge is -2.22. The highest BCUT2D eigenvalue weighted by molar-refractivity contribution is 5.19. The van der Waals surface area contributed by atoms with Gasteiger partial charge in [0.2, 0.25) is 5.82 Å². The summed E-state index contributed by atoms with van der Waals surface area (Å²) >= 11 is 0. The summed E-state index contributed by atoms with van der Waals surface area (Å²) in [5.41, 5.74) is -0.307. The molecule has 1 aliphatic rings. The first-order valence-corrected chi connectivity index (χ1v) is 4.88. The van der Waals surface area contributed by atoms with Gasteiger partial charge in [-0.3, -0.25) is 0 Å². The summed E-state index contributed by atoms with van der Waals surface area (Å²) in [6.45, 7) is 0. The molecule has 1 N–H and O–H groups in total. The minimum atomic E-state index is -0.307. The Morgan fingerprint density at radius 2 is 2.14 bits per heavy atom. The third-order valence-electron chi connectivity index (χ3n) is 2.85. The van der Waals surface area contributed by atoms with Crippen molar-refractivity contribution < 1.29 is 9.26 Å². The van der Waals surface area contributed by atoms with Crippen molar-refractivity contribution in [3.63, 3.8) is 0 Å². The van der Waals surface area contributed by atoms with Crippen LogP contribution in [0.2, 0.25) is 0 Å². The number of aromatic nitrogens is 2. The topological polar surface area (TPSA) is 60.2 Å². The van der Waals surface area contributed by atoms with Crippen LogP contribution in [0, 0.1) is 0 Å². The molecule has 0 unspecified atom stereocenters. The second-order valence-corrected chi connectivity index (χ2v) is 3.58. The van der Waals surface area contributed by atoms with E-state index in [0.29, 0.717) is 11.8 Å². The third kappa shape index (κ3) is 1.37. The lowest BCUT2D eigenvalue weighted by Crippen LogP contribution is -2.25. The van der Waals surface area contributed by atoms with E-state index in [1.807, 2.05) is 0 Å². The predicted octanol–water partition coefficient (Wildman–Crippen LogP) is 1.53. The first kappa shape index (κ1) is 9.45. The van der Waals surface area contributed by atoms with Gasteiger partial charge in [-0.15, -0.1) is 0 Å². The normalized spacial score (nSPS) is 19.9. The van der Waals surface area contributed by atoms with Gasteiger partial charge in [-0.25, -0.2) is 0 Å². The van der Waals surface area contributed by atoms with Crippen LogP contribution in [0.4, 0.5) is 6.01 Å². The standard InChI is InChI=1S/C9H15N3O2/c1-10-8-11-7(12-14-8)9(13-2)5-3-4-6-9/h3-6H2,1-2H3,(H,10,11,12). The molecule has 1 aromatic heterocycles. The van der Waals surface area contributed by atoms with Crippen LogP contribution in [0.1, 0.15) is 31.5 Å². The molecule has 2 rings (SSSR count). The van der Waals surface area contributed by atoms with Crippen LogP contribution >= 0.6 is 0 Å². The third-order valence-corrected chi connectivity index (χ3v) is 2.85. The molecule has 0 aromatic carbocycles. The van der Waals surface area contributed by atoms with Crippen LogP contribution in [-0.2, 0) is 10.3 Å². The molecule has 0 radical (unpaired) electrons. The molecule has 1 saturated carbocycles. The van der Waals surface area contributed by atoms with Crippen LogP contribution in [-0.4, -0.2) is 24.3 Å². The molecule has 78 valence electrons. The molecule has 0 spiro atoms. The largest absolute Gasteiger partial charge is 0.370 e. The molecule has 14 heavy (non-hydrogen) atoms. The number of ether oxygens (including phenoxy) is 1. The van der Waals surface area contributed by atoms with Gasteiger partial charge >= 0.3 is 6.01 Å². The van der Waals surface area contributed by atoms with Crippen LogP contribution in [0.15, 0.2) is 4.52 Å². The molecular weight excluding hydrogens is 182 g/mol. The summed E-state index contributed by atoms with van der Waals surface area (Å²) in [6, 6.07) is 0.448. The Morgan fingerprint density at radius 3 is 2.64 bits per heavy atom. The van der Waals surface area contributed by atoms with Gasteiger partial charge in [0, 0.05) is 14.2 Å². The first-order valence-electron chi connectivity index (χ1n) is 4.88. The average molecular weight is 197 g/mol. The van der Waals surface area contributed by atoms with Crippen molar-refractivity contribution in [3.05, 3.63) is 5.82 Å². The molecule has 1 aromatic rings. The summed E-state index contributed by atoms with van der Waals surface area (Å²) in [4.78, 5) is 4.24. The second-order valence-electron chi connectivity index (χ2n) is 3.58. The number of hydrogen-bond donors (Lipinski definition) is 1. The van der Waals surface area contributed by atoms with Crippen LogP contribution < -0.4 is 5.32 Å². The summed E-state index contributed by atoms with van der Waals surface area (Å²) < 4.78 is 10.5. The Kier molecular flexibility index (Phi) is 2.41. The van der Waals surface area contributed by atoms with Gasteiger partial charge in [-0.2, -0.15) is 4.98 Å². The van der Waals surface area contributed by atoms with E-state index in [1.165, 1.54) is 0 Å². The minimum absolute atomic E-state index is 0.307. The second kappa shape index (κ2) is 3.57. The summed E-state index contributed by atoms with van der Waals surface area (Å²) in [6.07, 6.45) is 4.28. The van der Waals surface area contributed by atoms with E-state index >= 15 is 0 Å². The van der Waals surface area contributed by atoms with E-state index in [9.17, 15) is 0 Å². The minimum Gasteiger partial charge on any atom is -0.370 e. The van der Waals surface area contributed by atoms with Gasteiger partial charge in [0.25, 0.3) is 0 Å². The number of rotatable bonds is 3. The van der Waals surface area contributed by atoms with Crippen molar-refractivity contribution in [2.45, 2.75) is 31.3 Å². The monoisotopic (exact) mass is 197 g/mol. The average Bonchev–Trinajstić information content (AvgIpc) is 2.87. The Balaban J connectivity index is 2.26. The van der Waals surface area contributed by atoms with Crippen molar-refractivity contribution in [2.75, 3.05) is 19.5 Å². The Hall–Kier alpha value is -1.10. The quantitative estimate of drug-likeness (QED) is 0.796. The van der Waals surface area contributed by atoms with E-state index in [1.54, 1.807) is 14.2 Å². The molecule has 1 heterocycles. The number of anilines is 1. The smallest absolute Gasteiger partial charge is 0.321 e. The predicted molar refractivity (Wildman–Crippen MR) is 51.0 cm³/mol. The van der Waals surface area contributed by atoms with Gasteiger partial charge in [0.05, 0.1) is 0 Å². The number of methoxy groups -OCH3 is 1. The molecule has 1 fully saturated rings. The highest BCUT2D eigenvalue weighted by Crippen LogP contribution is 2.40. The summed E-state index contributed by atoms with van der Waals surface area (Å²) in [5, 5.41) is 6.75. The SMILES string of the molecule is CNc1nc(C2(OC)CCCC2)no1. The van der Waals surface area contributed by atoms with Crippen LogP contribution in [0.25, 0.3) is 0 Å². The highest BCUT2D eigenvalue weighted by Gasteiger charge is 2.40. The molecule has 0 bridgehead atoms. The maximum Gasteiger partial charge on any atom is 0.321 e. The highest BCUT2D eigenvalue weighted by atomic mass is 16.5. The molecule has 0 amide bonds. The lowest BCUT2D eigenvalue weighted by molar-refractivity contribution is -0.0178. The molecule has 0 atom stereocenters. The first-order chi connectivity index (χ1) is 6.80. The van der Waals surface area contributed by atoms with E-state index in [2.05, 4.69) is 15.5 Å². The van der Waals surface area contributed by atoms with E-state index in [4.69, 9.17) is 9.26 Å². The van der Waals surface area contributed by atoms with Crippen molar-refractivity contribution in [1.82, 2.24) is 10.1 Å². The van der Waals surface area contributed by atoms with Crippen LogP contribution in [0.5, 0.6) is 0 Å². The number of nitrogens with one attached hydrogen (secondary N) is 1. The van der Waals surface area contributed by atoms with E-state index < -0.39 is 0 Å². The maximum atomic E-state index is 5.53. The fourth-order valence-corrected chi connectivity index (χ4v) is 1.98. The van der Waals surface area contributed by atoms with Crippen molar-refractivity contribution >= 4 is 6.01 Å². The maximum absolute atomic E-state index is 5.53. The molecular formula is C9H15N3O2. The Labute approximate surface area is 82.8 Å². The number of hydrogen-bond acceptors (Lipinski definition) is 5. The zero-order valence-corrected chi connectivity index (χ0v) is 8.54. The molecule has 0 aliphatic heterocycles. The molecule has 5 nitrogen and oxygen atoms in total. The fourth-order valence-electron chi connectivity index (χ4n) is 1.98. The lowest BCUT2D eigenvalue weighted by atomic mass is 10.0. The zero-order valence-electron chi connectivity index (χ0n) is 8.54. The van der Waals surface area contributed by atoms with Gasteiger partial charge in [0.1, 0.15) is 5.60 Å². The van der Waals surface area contributed by atoms with E-state index in [-0.39, 0.29) is 5.60 Å². The van der Waals surface area contributed by atoms with Gasteiger partial charge in [-0.05, 0) is 25.7 Å². The van der Waals surface area contributed by atoms with Crippen molar-refractivity contribution in [3.8, 4) is 0 Å². The number of nitrogens with zero attached hydrogens (tertiary/aromatic N) is 2. The summed E-state index contributed by atoms with van der Waals surface area (Å²) in [5.74, 6) is 0.668. The van der Waals surface area contributed by atoms with Gasteiger partial charge in [-0.1, -0.05) is 5.16 Å². The van der Waals surface area contributed by atoms with Crippen LogP contribution in [0.3, 0.4) is 0 Å². The van der Waals surface area contributed by atoms with E-state index in [0.717, 1.165) is 25.7 Å². The van der Waals surface area contributed by atoms with Gasteiger partial charge < -0.3 is 14.6 Å². The molecule has 0 saturated heterocycles. The zero-order chi connectivity index (χ0) is 10.0. The summed E-state index contributed by atoms with van der Waals surface area (Å²) in [7, 11) is 3.46. The Bertz CT molecular complexity index is 305.